The van der Waals surface area contributed by atoms with Gasteiger partial charge in [-0.2, -0.15) is 5.10 Å². The summed E-state index contributed by atoms with van der Waals surface area (Å²) >= 11 is 0. The van der Waals surface area contributed by atoms with Crippen molar-refractivity contribution in [1.82, 2.24) is 25.5 Å². The normalized spacial score (nSPS) is 14.1. The van der Waals surface area contributed by atoms with Crippen LogP contribution in [0, 0.1) is 6.92 Å². The van der Waals surface area contributed by atoms with Crippen LogP contribution >= 0.6 is 0 Å². The minimum absolute atomic E-state index is 0.151. The number of carbonyl (C=O) groups is 1. The van der Waals surface area contributed by atoms with E-state index in [-0.39, 0.29) is 22.9 Å². The number of hydrogen-bond donors (Lipinski definition) is 1. The van der Waals surface area contributed by atoms with Crippen LogP contribution in [-0.2, 0) is 16.4 Å². The predicted octanol–water partition coefficient (Wildman–Crippen LogP) is 2.39. The molecule has 0 radical (unpaired) electrons. The third-order valence-corrected chi connectivity index (χ3v) is 7.62. The lowest BCUT2D eigenvalue weighted by molar-refractivity contribution is 0.0950. The highest BCUT2D eigenvalue weighted by molar-refractivity contribution is 7.90. The highest BCUT2D eigenvalue weighted by atomic mass is 32.2. The van der Waals surface area contributed by atoms with Gasteiger partial charge in [-0.25, -0.2) is 13.4 Å². The number of nitrogens with zero attached hydrogens (tertiary/aromatic N) is 6. The lowest BCUT2D eigenvalue weighted by atomic mass is 10.1. The molecule has 1 fully saturated rings. The van der Waals surface area contributed by atoms with E-state index in [0.29, 0.717) is 11.3 Å². The highest BCUT2D eigenvalue weighted by Gasteiger charge is 2.20. The maximum absolute atomic E-state index is 12.7. The Kier molecular flexibility index (Phi) is 6.70. The first-order valence-corrected chi connectivity index (χ1v) is 13.8. The smallest absolute Gasteiger partial charge is 0.251 e. The summed E-state index contributed by atoms with van der Waals surface area (Å²) in [5.74, 6) is 1.40. The van der Waals surface area contributed by atoms with Crippen molar-refractivity contribution in [3.63, 3.8) is 0 Å². The minimum atomic E-state index is -3.42. The van der Waals surface area contributed by atoms with Gasteiger partial charge in [-0.15, -0.1) is 5.10 Å². The van der Waals surface area contributed by atoms with Crippen molar-refractivity contribution in [2.24, 2.45) is 0 Å². The third kappa shape index (κ3) is 5.51. The van der Waals surface area contributed by atoms with Gasteiger partial charge in [-0.1, -0.05) is 6.07 Å². The van der Waals surface area contributed by atoms with Crippen LogP contribution in [-0.4, -0.2) is 66.9 Å². The summed E-state index contributed by atoms with van der Waals surface area (Å²) in [6.45, 7) is 5.18. The molecule has 190 valence electrons. The van der Waals surface area contributed by atoms with Gasteiger partial charge in [-0.05, 0) is 55.0 Å². The van der Waals surface area contributed by atoms with Crippen LogP contribution in [0.4, 0.5) is 11.6 Å². The number of pyridine rings is 2. The van der Waals surface area contributed by atoms with E-state index in [9.17, 15) is 13.2 Å². The first-order chi connectivity index (χ1) is 17.8. The van der Waals surface area contributed by atoms with Crippen LogP contribution in [0.15, 0.2) is 65.8 Å². The van der Waals surface area contributed by atoms with E-state index in [0.717, 1.165) is 55.0 Å². The summed E-state index contributed by atoms with van der Waals surface area (Å²) in [4.78, 5) is 26.6. The zero-order valence-electron chi connectivity index (χ0n) is 20.6. The molecule has 37 heavy (non-hydrogen) atoms. The zero-order chi connectivity index (χ0) is 26.0. The number of sulfone groups is 1. The summed E-state index contributed by atoms with van der Waals surface area (Å²) in [6, 6.07) is 14.4. The largest absolute Gasteiger partial charge is 0.353 e. The molecule has 1 N–H and O–H groups in total. The van der Waals surface area contributed by atoms with E-state index in [1.807, 2.05) is 30.3 Å². The maximum atomic E-state index is 12.7. The number of aryl methyl sites for hydroxylation is 1. The van der Waals surface area contributed by atoms with Gasteiger partial charge in [0.1, 0.15) is 5.82 Å². The number of hydrogen-bond acceptors (Lipinski definition) is 9. The zero-order valence-corrected chi connectivity index (χ0v) is 21.4. The van der Waals surface area contributed by atoms with E-state index in [1.54, 1.807) is 31.5 Å². The van der Waals surface area contributed by atoms with Crippen molar-refractivity contribution in [2.45, 2.75) is 18.4 Å². The summed E-state index contributed by atoms with van der Waals surface area (Å²) < 4.78 is 24.0. The number of nitrogens with one attached hydrogen (secondary N) is 1. The molecule has 0 spiro atoms. The van der Waals surface area contributed by atoms with Crippen LogP contribution in [0.25, 0.3) is 10.9 Å². The summed E-state index contributed by atoms with van der Waals surface area (Å²) in [6.07, 6.45) is 4.55. The molecule has 1 aliphatic heterocycles. The topological polar surface area (TPSA) is 121 Å². The molecule has 3 aromatic heterocycles. The Bertz CT molecular complexity index is 1550. The molecular formula is C26H27N7O3S. The molecule has 0 bridgehead atoms. The van der Waals surface area contributed by atoms with Gasteiger partial charge in [0.2, 0.25) is 0 Å². The Hall–Kier alpha value is -4.12. The Balaban J connectivity index is 1.26. The fourth-order valence-corrected chi connectivity index (χ4v) is 5.35. The second-order valence-electron chi connectivity index (χ2n) is 9.03. The molecule has 5 rings (SSSR count). The number of carbonyl (C=O) groups excluding carboxylic acids is 1. The average Bonchev–Trinajstić information content (AvgIpc) is 2.91. The number of anilines is 2. The predicted molar refractivity (Wildman–Crippen MR) is 141 cm³/mol. The fourth-order valence-electron chi connectivity index (χ4n) is 4.36. The maximum Gasteiger partial charge on any atom is 0.251 e. The number of benzene rings is 1. The first kappa shape index (κ1) is 24.6. The Morgan fingerprint density at radius 1 is 1.00 bits per heavy atom. The van der Waals surface area contributed by atoms with Crippen LogP contribution in [0.5, 0.6) is 0 Å². The SMILES string of the molecule is Cc1ccc(C(=O)NCc2cc3nc(N4CCN(c5cccnn5)CC4)ccc3cn2)cc1S(C)(=O)=O. The van der Waals surface area contributed by atoms with Crippen molar-refractivity contribution in [3.05, 3.63) is 77.7 Å². The molecule has 1 aliphatic rings. The molecule has 1 amide bonds. The van der Waals surface area contributed by atoms with Crippen LogP contribution < -0.4 is 15.1 Å². The monoisotopic (exact) mass is 517 g/mol. The van der Waals surface area contributed by atoms with Gasteiger partial charge in [-0.3, -0.25) is 9.78 Å². The average molecular weight is 518 g/mol. The second-order valence-corrected chi connectivity index (χ2v) is 11.0. The van der Waals surface area contributed by atoms with Crippen LogP contribution in [0.3, 0.4) is 0 Å². The lowest BCUT2D eigenvalue weighted by Gasteiger charge is -2.35. The molecule has 0 unspecified atom stereocenters. The van der Waals surface area contributed by atoms with E-state index < -0.39 is 9.84 Å². The van der Waals surface area contributed by atoms with Crippen molar-refractivity contribution in [1.29, 1.82) is 0 Å². The van der Waals surface area contributed by atoms with Gasteiger partial charge in [0.05, 0.1) is 22.7 Å². The molecule has 1 aromatic carbocycles. The van der Waals surface area contributed by atoms with E-state index >= 15 is 0 Å². The van der Waals surface area contributed by atoms with Gasteiger partial charge in [0, 0.05) is 55.8 Å². The third-order valence-electron chi connectivity index (χ3n) is 6.38. The van der Waals surface area contributed by atoms with E-state index in [2.05, 4.69) is 30.3 Å². The van der Waals surface area contributed by atoms with Crippen molar-refractivity contribution < 1.29 is 13.2 Å². The number of amides is 1. The van der Waals surface area contributed by atoms with Gasteiger partial charge in [0.15, 0.2) is 15.7 Å². The van der Waals surface area contributed by atoms with Gasteiger partial charge >= 0.3 is 0 Å². The van der Waals surface area contributed by atoms with Crippen molar-refractivity contribution in [3.8, 4) is 0 Å². The van der Waals surface area contributed by atoms with Crippen molar-refractivity contribution in [2.75, 3.05) is 42.2 Å². The minimum Gasteiger partial charge on any atom is -0.353 e. The van der Waals surface area contributed by atoms with E-state index in [4.69, 9.17) is 4.98 Å². The molecule has 1 saturated heterocycles. The molecule has 0 atom stereocenters. The number of piperazine rings is 1. The number of fused-ring (bicyclic) bond motifs is 1. The summed E-state index contributed by atoms with van der Waals surface area (Å²) in [5, 5.41) is 11.9. The second kappa shape index (κ2) is 10.1. The molecule has 10 nitrogen and oxygen atoms in total. The van der Waals surface area contributed by atoms with Gasteiger partial charge < -0.3 is 15.1 Å². The number of aromatic nitrogens is 4. The lowest BCUT2D eigenvalue weighted by Crippen LogP contribution is -2.47. The quantitative estimate of drug-likeness (QED) is 0.411. The van der Waals surface area contributed by atoms with Crippen LogP contribution in [0.2, 0.25) is 0 Å². The molecule has 11 heteroatoms. The standard InChI is InChI=1S/C26H27N7O3S/c1-18-5-6-19(14-23(18)37(2,35)36)26(34)28-17-21-15-22-20(16-27-21)7-8-24(30-22)32-10-12-33(13-11-32)25-4-3-9-29-31-25/h3-9,14-16H,10-13,17H2,1-2H3,(H,28,34). The van der Waals surface area contributed by atoms with Crippen molar-refractivity contribution >= 4 is 38.3 Å². The van der Waals surface area contributed by atoms with Crippen LogP contribution in [0.1, 0.15) is 21.6 Å². The van der Waals surface area contributed by atoms with E-state index in [1.165, 1.54) is 6.07 Å². The molecular weight excluding hydrogens is 490 g/mol. The first-order valence-electron chi connectivity index (χ1n) is 11.9. The summed E-state index contributed by atoms with van der Waals surface area (Å²) in [5.41, 5.74) is 2.34. The molecule has 0 saturated carbocycles. The summed E-state index contributed by atoms with van der Waals surface area (Å²) in [7, 11) is -3.42. The highest BCUT2D eigenvalue weighted by Crippen LogP contribution is 2.21. The fraction of sp³-hybridized carbons (Fsp3) is 0.269. The molecule has 4 aromatic rings. The Labute approximate surface area is 215 Å². The Morgan fingerprint density at radius 3 is 2.46 bits per heavy atom. The Morgan fingerprint density at radius 2 is 1.76 bits per heavy atom. The van der Waals surface area contributed by atoms with Gasteiger partial charge in [0.25, 0.3) is 5.91 Å². The molecule has 0 aliphatic carbocycles. The number of rotatable bonds is 6. The molecule has 4 heterocycles.